The van der Waals surface area contributed by atoms with E-state index in [1.807, 2.05) is 36.9 Å². The SMILES string of the molecule is CCN(Cc1cccc(C)n1)c1c(N)cccc1C(=O)O. The molecule has 0 atom stereocenters. The fraction of sp³-hybridized carbons (Fsp3) is 0.250. The van der Waals surface area contributed by atoms with Crippen LogP contribution in [0.25, 0.3) is 0 Å². The standard InChI is InChI=1S/C16H19N3O2/c1-3-19(10-12-7-4-6-11(2)18-12)15-13(16(20)21)8-5-9-14(15)17/h4-9H,3,10,17H2,1-2H3,(H,20,21). The highest BCUT2D eigenvalue weighted by molar-refractivity contribution is 5.97. The molecular weight excluding hydrogens is 266 g/mol. The second kappa shape index (κ2) is 6.26. The van der Waals surface area contributed by atoms with Gasteiger partial charge < -0.3 is 15.7 Å². The van der Waals surface area contributed by atoms with E-state index in [1.165, 1.54) is 0 Å². The molecule has 1 aromatic heterocycles. The molecule has 0 aliphatic rings. The number of nitrogens with two attached hydrogens (primary N) is 1. The lowest BCUT2D eigenvalue weighted by Crippen LogP contribution is -2.26. The number of carboxylic acid groups (broad SMARTS) is 1. The molecule has 0 amide bonds. The number of carbonyl (C=O) groups is 1. The first-order valence-corrected chi connectivity index (χ1v) is 6.82. The number of aromatic carboxylic acids is 1. The predicted octanol–water partition coefficient (Wildman–Crippen LogP) is 2.70. The third-order valence-corrected chi connectivity index (χ3v) is 3.29. The highest BCUT2D eigenvalue weighted by atomic mass is 16.4. The molecule has 0 saturated carbocycles. The van der Waals surface area contributed by atoms with Crippen molar-refractivity contribution in [2.75, 3.05) is 17.2 Å². The second-order valence-corrected chi connectivity index (χ2v) is 4.83. The van der Waals surface area contributed by atoms with Crippen LogP contribution in [0.3, 0.4) is 0 Å². The molecule has 1 aromatic carbocycles. The third kappa shape index (κ3) is 3.31. The number of pyridine rings is 1. The summed E-state index contributed by atoms with van der Waals surface area (Å²) in [6, 6.07) is 10.7. The summed E-state index contributed by atoms with van der Waals surface area (Å²) in [6.45, 7) is 5.06. The summed E-state index contributed by atoms with van der Waals surface area (Å²) in [7, 11) is 0. The summed E-state index contributed by atoms with van der Waals surface area (Å²) in [5, 5.41) is 9.35. The molecule has 110 valence electrons. The molecule has 0 spiro atoms. The fourth-order valence-electron chi connectivity index (χ4n) is 2.32. The lowest BCUT2D eigenvalue weighted by molar-refractivity contribution is 0.0697. The van der Waals surface area contributed by atoms with Crippen LogP contribution in [0.5, 0.6) is 0 Å². The maximum atomic E-state index is 11.4. The van der Waals surface area contributed by atoms with Crippen LogP contribution in [-0.4, -0.2) is 22.6 Å². The van der Waals surface area contributed by atoms with Crippen LogP contribution in [0.1, 0.15) is 28.7 Å². The first-order chi connectivity index (χ1) is 10.0. The molecular formula is C16H19N3O2. The Kier molecular flexibility index (Phi) is 4.42. The van der Waals surface area contributed by atoms with Gasteiger partial charge in [-0.05, 0) is 38.1 Å². The average Bonchev–Trinajstić information content (AvgIpc) is 2.45. The van der Waals surface area contributed by atoms with Crippen molar-refractivity contribution in [3.8, 4) is 0 Å². The van der Waals surface area contributed by atoms with E-state index in [-0.39, 0.29) is 5.56 Å². The van der Waals surface area contributed by atoms with Crippen LogP contribution in [0.15, 0.2) is 36.4 Å². The van der Waals surface area contributed by atoms with Crippen LogP contribution >= 0.6 is 0 Å². The van der Waals surface area contributed by atoms with Crippen molar-refractivity contribution in [1.29, 1.82) is 0 Å². The number of aryl methyl sites for hydroxylation is 1. The summed E-state index contributed by atoms with van der Waals surface area (Å²) in [6.07, 6.45) is 0. The van der Waals surface area contributed by atoms with Crippen LogP contribution in [-0.2, 0) is 6.54 Å². The second-order valence-electron chi connectivity index (χ2n) is 4.83. The van der Waals surface area contributed by atoms with Crippen molar-refractivity contribution in [1.82, 2.24) is 4.98 Å². The van der Waals surface area contributed by atoms with Crippen LogP contribution in [0.4, 0.5) is 11.4 Å². The van der Waals surface area contributed by atoms with Crippen LogP contribution in [0.2, 0.25) is 0 Å². The summed E-state index contributed by atoms with van der Waals surface area (Å²) in [4.78, 5) is 17.8. The summed E-state index contributed by atoms with van der Waals surface area (Å²) in [5.41, 5.74) is 9.04. The Morgan fingerprint density at radius 2 is 2.00 bits per heavy atom. The van der Waals surface area contributed by atoms with Crippen molar-refractivity contribution >= 4 is 17.3 Å². The Morgan fingerprint density at radius 3 is 2.62 bits per heavy atom. The fourth-order valence-corrected chi connectivity index (χ4v) is 2.32. The smallest absolute Gasteiger partial charge is 0.337 e. The Balaban J connectivity index is 2.40. The Labute approximate surface area is 124 Å². The molecule has 0 saturated heterocycles. The van der Waals surface area contributed by atoms with Crippen LogP contribution < -0.4 is 10.6 Å². The zero-order valence-electron chi connectivity index (χ0n) is 12.2. The number of aromatic nitrogens is 1. The first-order valence-electron chi connectivity index (χ1n) is 6.82. The molecule has 0 fully saturated rings. The van der Waals surface area contributed by atoms with Gasteiger partial charge >= 0.3 is 5.97 Å². The molecule has 1 heterocycles. The molecule has 0 aliphatic heterocycles. The van der Waals surface area contributed by atoms with E-state index in [2.05, 4.69) is 4.98 Å². The lowest BCUT2D eigenvalue weighted by atomic mass is 10.1. The maximum absolute atomic E-state index is 11.4. The van der Waals surface area contributed by atoms with E-state index >= 15 is 0 Å². The van der Waals surface area contributed by atoms with Gasteiger partial charge in [-0.15, -0.1) is 0 Å². The van der Waals surface area contributed by atoms with Gasteiger partial charge in [-0.2, -0.15) is 0 Å². The van der Waals surface area contributed by atoms with Gasteiger partial charge in [0.15, 0.2) is 0 Å². The maximum Gasteiger partial charge on any atom is 0.337 e. The van der Waals surface area contributed by atoms with Crippen molar-refractivity contribution in [2.24, 2.45) is 0 Å². The number of carboxylic acids is 1. The minimum absolute atomic E-state index is 0.213. The predicted molar refractivity (Wildman–Crippen MR) is 83.5 cm³/mol. The van der Waals surface area contributed by atoms with Crippen molar-refractivity contribution in [2.45, 2.75) is 20.4 Å². The van der Waals surface area contributed by atoms with E-state index in [1.54, 1.807) is 18.2 Å². The minimum atomic E-state index is -0.979. The van der Waals surface area contributed by atoms with Crippen molar-refractivity contribution in [3.05, 3.63) is 53.3 Å². The first kappa shape index (κ1) is 14.8. The zero-order chi connectivity index (χ0) is 15.4. The van der Waals surface area contributed by atoms with Gasteiger partial charge in [0.05, 0.1) is 29.2 Å². The number of nitrogen functional groups attached to an aromatic ring is 1. The quantitative estimate of drug-likeness (QED) is 0.826. The van der Waals surface area contributed by atoms with Gasteiger partial charge in [-0.3, -0.25) is 4.98 Å². The monoisotopic (exact) mass is 285 g/mol. The highest BCUT2D eigenvalue weighted by Gasteiger charge is 2.18. The number of hydrogen-bond acceptors (Lipinski definition) is 4. The van der Waals surface area contributed by atoms with Crippen LogP contribution in [0, 0.1) is 6.92 Å². The molecule has 3 N–H and O–H groups in total. The number of hydrogen-bond donors (Lipinski definition) is 2. The number of para-hydroxylation sites is 1. The van der Waals surface area contributed by atoms with Gasteiger partial charge in [-0.1, -0.05) is 12.1 Å². The van der Waals surface area contributed by atoms with Gasteiger partial charge in [0, 0.05) is 12.2 Å². The van der Waals surface area contributed by atoms with Crippen molar-refractivity contribution in [3.63, 3.8) is 0 Å². The molecule has 5 heteroatoms. The van der Waals surface area contributed by atoms with E-state index in [0.29, 0.717) is 24.5 Å². The highest BCUT2D eigenvalue weighted by Crippen LogP contribution is 2.29. The molecule has 0 radical (unpaired) electrons. The van der Waals surface area contributed by atoms with Gasteiger partial charge in [0.1, 0.15) is 0 Å². The normalized spacial score (nSPS) is 10.4. The summed E-state index contributed by atoms with van der Waals surface area (Å²) in [5.74, 6) is -0.979. The Bertz CT molecular complexity index is 656. The molecule has 2 aromatic rings. The van der Waals surface area contributed by atoms with E-state index in [9.17, 15) is 9.90 Å². The molecule has 5 nitrogen and oxygen atoms in total. The average molecular weight is 285 g/mol. The van der Waals surface area contributed by atoms with Crippen molar-refractivity contribution < 1.29 is 9.90 Å². The molecule has 2 rings (SSSR count). The largest absolute Gasteiger partial charge is 0.478 e. The number of rotatable bonds is 5. The van der Waals surface area contributed by atoms with E-state index in [0.717, 1.165) is 11.4 Å². The molecule has 0 aliphatic carbocycles. The Hall–Kier alpha value is -2.56. The van der Waals surface area contributed by atoms with E-state index in [4.69, 9.17) is 5.73 Å². The van der Waals surface area contributed by atoms with Gasteiger partial charge in [-0.25, -0.2) is 4.79 Å². The minimum Gasteiger partial charge on any atom is -0.478 e. The summed E-state index contributed by atoms with van der Waals surface area (Å²) < 4.78 is 0. The van der Waals surface area contributed by atoms with Gasteiger partial charge in [0.2, 0.25) is 0 Å². The molecule has 0 bridgehead atoms. The molecule has 0 unspecified atom stereocenters. The zero-order valence-corrected chi connectivity index (χ0v) is 12.2. The third-order valence-electron chi connectivity index (χ3n) is 3.29. The topological polar surface area (TPSA) is 79.5 Å². The summed E-state index contributed by atoms with van der Waals surface area (Å²) >= 11 is 0. The lowest BCUT2D eigenvalue weighted by Gasteiger charge is -2.26. The Morgan fingerprint density at radius 1 is 1.29 bits per heavy atom. The molecule has 21 heavy (non-hydrogen) atoms. The number of nitrogens with zero attached hydrogens (tertiary/aromatic N) is 2. The van der Waals surface area contributed by atoms with Gasteiger partial charge in [0.25, 0.3) is 0 Å². The van der Waals surface area contributed by atoms with E-state index < -0.39 is 5.97 Å². The number of anilines is 2. The number of benzene rings is 1.